The van der Waals surface area contributed by atoms with E-state index in [0.717, 1.165) is 12.8 Å². The maximum Gasteiger partial charge on any atom is 0.410 e. The molecule has 0 spiro atoms. The molecule has 0 aromatic carbocycles. The van der Waals surface area contributed by atoms with Crippen LogP contribution in [0.5, 0.6) is 0 Å². The van der Waals surface area contributed by atoms with E-state index in [9.17, 15) is 9.59 Å². The van der Waals surface area contributed by atoms with Gasteiger partial charge in [0.25, 0.3) is 0 Å². The van der Waals surface area contributed by atoms with Crippen LogP contribution in [-0.4, -0.2) is 66.3 Å². The molecule has 2 amide bonds. The first-order valence-electron chi connectivity index (χ1n) is 7.98. The highest BCUT2D eigenvalue weighted by Crippen LogP contribution is 2.30. The summed E-state index contributed by atoms with van der Waals surface area (Å²) in [6, 6.07) is 0. The van der Waals surface area contributed by atoms with Crippen molar-refractivity contribution in [1.82, 2.24) is 9.80 Å². The summed E-state index contributed by atoms with van der Waals surface area (Å²) >= 11 is 0. The highest BCUT2D eigenvalue weighted by Gasteiger charge is 2.41. The van der Waals surface area contributed by atoms with E-state index >= 15 is 0 Å². The third kappa shape index (κ3) is 5.16. The molecule has 0 aliphatic carbocycles. The van der Waals surface area contributed by atoms with Gasteiger partial charge in [-0.05, 0) is 40.5 Å². The molecular weight excluding hydrogens is 284 g/mol. The van der Waals surface area contributed by atoms with E-state index in [1.807, 2.05) is 34.6 Å². The van der Waals surface area contributed by atoms with E-state index in [2.05, 4.69) is 0 Å². The lowest BCUT2D eigenvalue weighted by Crippen LogP contribution is -2.42. The fourth-order valence-corrected chi connectivity index (χ4v) is 2.34. The summed E-state index contributed by atoms with van der Waals surface area (Å²) in [5, 5.41) is 0. The van der Waals surface area contributed by atoms with Crippen LogP contribution in [0.1, 0.15) is 47.5 Å². The van der Waals surface area contributed by atoms with Gasteiger partial charge in [-0.15, -0.1) is 0 Å². The van der Waals surface area contributed by atoms with Crippen LogP contribution in [0.4, 0.5) is 4.79 Å². The highest BCUT2D eigenvalue weighted by molar-refractivity contribution is 5.77. The maximum absolute atomic E-state index is 12.1. The second-order valence-electron chi connectivity index (χ2n) is 6.89. The molecule has 128 valence electrons. The number of carbonyl (C=O) groups excluding carboxylic acids is 2. The van der Waals surface area contributed by atoms with Crippen molar-refractivity contribution >= 4 is 12.0 Å². The van der Waals surface area contributed by atoms with E-state index in [-0.39, 0.29) is 18.6 Å². The molecule has 6 nitrogen and oxygen atoms in total. The normalized spacial score (nSPS) is 21.8. The van der Waals surface area contributed by atoms with Crippen molar-refractivity contribution in [2.45, 2.75) is 58.7 Å². The lowest BCUT2D eigenvalue weighted by atomic mass is 10.00. The van der Waals surface area contributed by atoms with Crippen LogP contribution in [-0.2, 0) is 14.3 Å². The van der Waals surface area contributed by atoms with Gasteiger partial charge in [0.15, 0.2) is 0 Å². The predicted molar refractivity (Wildman–Crippen MR) is 84.7 cm³/mol. The van der Waals surface area contributed by atoms with E-state index in [0.29, 0.717) is 19.6 Å². The van der Waals surface area contributed by atoms with Crippen LogP contribution >= 0.6 is 0 Å². The van der Waals surface area contributed by atoms with Crippen LogP contribution in [0.25, 0.3) is 0 Å². The van der Waals surface area contributed by atoms with Gasteiger partial charge in [-0.25, -0.2) is 4.79 Å². The minimum Gasteiger partial charge on any atom is -0.444 e. The largest absolute Gasteiger partial charge is 0.444 e. The zero-order chi connectivity index (χ0) is 17.0. The third-order valence-electron chi connectivity index (χ3n) is 4.01. The quantitative estimate of drug-likeness (QED) is 0.781. The van der Waals surface area contributed by atoms with E-state index < -0.39 is 11.2 Å². The first-order chi connectivity index (χ1) is 10.1. The van der Waals surface area contributed by atoms with Crippen molar-refractivity contribution in [3.8, 4) is 0 Å². The molecule has 1 atom stereocenters. The SMILES string of the molecule is CCN(C)C(=O)COC1(CC)CCN(C(=O)OC(C)(C)C)C1. The van der Waals surface area contributed by atoms with Gasteiger partial charge in [0.05, 0.1) is 12.1 Å². The average molecular weight is 314 g/mol. The van der Waals surface area contributed by atoms with Gasteiger partial charge in [-0.1, -0.05) is 6.92 Å². The standard InChI is InChI=1S/C16H30N2O4/c1-7-16(21-11-13(19)17(6)8-2)9-10-18(12-16)14(20)22-15(3,4)5/h7-12H2,1-6H3. The maximum atomic E-state index is 12.1. The third-order valence-corrected chi connectivity index (χ3v) is 4.01. The summed E-state index contributed by atoms with van der Waals surface area (Å²) in [7, 11) is 1.76. The first-order valence-corrected chi connectivity index (χ1v) is 7.98. The molecule has 0 saturated carbocycles. The van der Waals surface area contributed by atoms with E-state index in [1.165, 1.54) is 0 Å². The molecule has 1 aliphatic rings. The molecule has 1 saturated heterocycles. The van der Waals surface area contributed by atoms with Crippen LogP contribution in [0.15, 0.2) is 0 Å². The number of carbonyl (C=O) groups is 2. The Morgan fingerprint density at radius 1 is 1.27 bits per heavy atom. The summed E-state index contributed by atoms with van der Waals surface area (Å²) in [6.07, 6.45) is 1.17. The molecule has 6 heteroatoms. The Morgan fingerprint density at radius 2 is 1.91 bits per heavy atom. The highest BCUT2D eigenvalue weighted by atomic mass is 16.6. The number of hydrogen-bond acceptors (Lipinski definition) is 4. The number of likely N-dealkylation sites (tertiary alicyclic amines) is 1. The van der Waals surface area contributed by atoms with Crippen molar-refractivity contribution in [2.24, 2.45) is 0 Å². The van der Waals surface area contributed by atoms with Crippen molar-refractivity contribution in [3.63, 3.8) is 0 Å². The van der Waals surface area contributed by atoms with Gasteiger partial charge >= 0.3 is 6.09 Å². The van der Waals surface area contributed by atoms with Gasteiger partial charge in [-0.3, -0.25) is 4.79 Å². The Morgan fingerprint density at radius 3 is 2.41 bits per heavy atom. The van der Waals surface area contributed by atoms with Crippen molar-refractivity contribution in [2.75, 3.05) is 33.3 Å². The second kappa shape index (κ2) is 7.31. The monoisotopic (exact) mass is 314 g/mol. The lowest BCUT2D eigenvalue weighted by molar-refractivity contribution is -0.141. The number of ether oxygens (including phenoxy) is 2. The van der Waals surface area contributed by atoms with Crippen LogP contribution in [0.2, 0.25) is 0 Å². The zero-order valence-electron chi connectivity index (χ0n) is 14.8. The Kier molecular flexibility index (Phi) is 6.23. The zero-order valence-corrected chi connectivity index (χ0v) is 14.8. The van der Waals surface area contributed by atoms with Gasteiger partial charge < -0.3 is 19.3 Å². The smallest absolute Gasteiger partial charge is 0.410 e. The molecule has 0 aromatic rings. The molecule has 1 fully saturated rings. The molecule has 1 unspecified atom stereocenters. The molecule has 0 aromatic heterocycles. The number of rotatable bonds is 5. The van der Waals surface area contributed by atoms with Crippen molar-refractivity contribution in [1.29, 1.82) is 0 Å². The Hall–Kier alpha value is -1.30. The van der Waals surface area contributed by atoms with Gasteiger partial charge in [0, 0.05) is 20.1 Å². The van der Waals surface area contributed by atoms with Crippen molar-refractivity contribution < 1.29 is 19.1 Å². The fraction of sp³-hybridized carbons (Fsp3) is 0.875. The van der Waals surface area contributed by atoms with Crippen LogP contribution in [0.3, 0.4) is 0 Å². The predicted octanol–water partition coefficient (Wildman–Crippen LogP) is 2.27. The number of nitrogens with zero attached hydrogens (tertiary/aromatic N) is 2. The van der Waals surface area contributed by atoms with E-state index in [1.54, 1.807) is 16.8 Å². The molecule has 22 heavy (non-hydrogen) atoms. The number of amides is 2. The Balaban J connectivity index is 2.59. The molecule has 0 radical (unpaired) electrons. The minimum absolute atomic E-state index is 0.0361. The Labute approximate surface area is 133 Å². The van der Waals surface area contributed by atoms with Gasteiger partial charge in [0.1, 0.15) is 12.2 Å². The summed E-state index contributed by atoms with van der Waals surface area (Å²) in [5.41, 5.74) is -0.948. The first kappa shape index (κ1) is 18.7. The second-order valence-corrected chi connectivity index (χ2v) is 6.89. The summed E-state index contributed by atoms with van der Waals surface area (Å²) < 4.78 is 11.3. The van der Waals surface area contributed by atoms with Gasteiger partial charge in [0.2, 0.25) is 5.91 Å². The molecule has 0 N–H and O–H groups in total. The minimum atomic E-state index is -0.505. The summed E-state index contributed by atoms with van der Waals surface area (Å²) in [4.78, 5) is 27.3. The lowest BCUT2D eigenvalue weighted by Gasteiger charge is -2.30. The Bertz CT molecular complexity index is 405. The molecule has 0 bridgehead atoms. The van der Waals surface area contributed by atoms with Crippen LogP contribution in [0, 0.1) is 0 Å². The number of likely N-dealkylation sites (N-methyl/N-ethyl adjacent to an activating group) is 1. The molecule has 1 heterocycles. The van der Waals surface area contributed by atoms with Gasteiger partial charge in [-0.2, -0.15) is 0 Å². The molecule has 1 aliphatic heterocycles. The average Bonchev–Trinajstić information content (AvgIpc) is 2.87. The number of hydrogen-bond donors (Lipinski definition) is 0. The van der Waals surface area contributed by atoms with E-state index in [4.69, 9.17) is 9.47 Å². The topological polar surface area (TPSA) is 59.1 Å². The molecular formula is C16H30N2O4. The van der Waals surface area contributed by atoms with Crippen molar-refractivity contribution in [3.05, 3.63) is 0 Å². The summed E-state index contributed by atoms with van der Waals surface area (Å²) in [6.45, 7) is 11.3. The fourth-order valence-electron chi connectivity index (χ4n) is 2.34. The summed E-state index contributed by atoms with van der Waals surface area (Å²) in [5.74, 6) is -0.0361. The molecule has 1 rings (SSSR count). The van der Waals surface area contributed by atoms with Crippen LogP contribution < -0.4 is 0 Å².